The summed E-state index contributed by atoms with van der Waals surface area (Å²) in [5, 5.41) is 5.85. The fourth-order valence-corrected chi connectivity index (χ4v) is 12.6. The van der Waals surface area contributed by atoms with Crippen molar-refractivity contribution in [1.82, 2.24) is 24.9 Å². The van der Waals surface area contributed by atoms with Crippen LogP contribution in [0.2, 0.25) is 5.02 Å². The fourth-order valence-electron chi connectivity index (χ4n) is 12.3. The third-order valence-electron chi connectivity index (χ3n) is 18.1. The Morgan fingerprint density at radius 2 is 0.495 bits per heavy atom. The molecule has 0 atom stereocenters. The summed E-state index contributed by atoms with van der Waals surface area (Å²) in [6.07, 6.45) is 1.85. The summed E-state index contributed by atoms with van der Waals surface area (Å²) in [4.78, 5) is 85.1. The van der Waals surface area contributed by atoms with Gasteiger partial charge in [0, 0.05) is 115 Å². The molecule has 520 valence electrons. The first-order valence-electron chi connectivity index (χ1n) is 35.1. The molecule has 0 aliphatic rings. The molecule has 0 N–H and O–H groups in total. The molecule has 0 aliphatic carbocycles. The molecule has 0 unspecified atom stereocenters. The summed E-state index contributed by atoms with van der Waals surface area (Å²) in [6.45, 7) is 17.9. The Balaban J connectivity index is 0.000000131. The minimum absolute atomic E-state index is 0.0106. The lowest BCUT2D eigenvalue weighted by atomic mass is 9.99. The van der Waals surface area contributed by atoms with Gasteiger partial charge in [0.1, 0.15) is 0 Å². The van der Waals surface area contributed by atoms with Crippen LogP contribution in [0.25, 0.3) is 54.5 Å². The molecule has 0 radical (unpaired) electrons. The predicted molar refractivity (Wildman–Crippen MR) is 429 cm³/mol. The van der Waals surface area contributed by atoms with Gasteiger partial charge in [0.25, 0.3) is 0 Å². The number of fused-ring (bicyclic) bond motifs is 5. The van der Waals surface area contributed by atoms with Crippen LogP contribution < -0.4 is 0 Å². The van der Waals surface area contributed by atoms with Crippen LogP contribution in [-0.2, 0) is 32.1 Å². The number of para-hydroxylation sites is 5. The van der Waals surface area contributed by atoms with E-state index in [1.807, 2.05) is 299 Å². The Hall–Kier alpha value is -12.1. The van der Waals surface area contributed by atoms with E-state index in [4.69, 9.17) is 11.6 Å². The maximum Gasteiger partial charge on any atom is 0.168 e. The van der Waals surface area contributed by atoms with Crippen LogP contribution in [0.1, 0.15) is 130 Å². The number of aryl methyl sites for hydroxylation is 9. The van der Waals surface area contributed by atoms with Crippen LogP contribution >= 0.6 is 11.6 Å². The second-order valence-corrected chi connectivity index (χ2v) is 27.1. The van der Waals surface area contributed by atoms with Gasteiger partial charge < -0.3 is 0 Å². The SMILES string of the molecule is Cc1ccc(C(=O)Cc2cccc3ccc(C)nc23)cc1.Cc1ccc(C(=O)Cc2cccc3ccc(C)nc23)cc1.Cc1ccc(C(=O)Cc2cccc3ccc(C)nc23)cc1.Cc1ccc2cccc(CC(=O)c3ccccc3Cl)c2n1.Cc1cccc(C(=O)Cc2cccc3ccc(C)nc23)c1. The number of Topliss-reactive ketones (excluding diaryl/α,β-unsaturated/α-hetero) is 5. The average Bonchev–Trinajstić information content (AvgIpc) is 0.832. The lowest BCUT2D eigenvalue weighted by molar-refractivity contribution is 0.0985. The normalized spacial score (nSPS) is 10.8. The highest BCUT2D eigenvalue weighted by atomic mass is 35.5. The molecule has 0 saturated heterocycles. The van der Waals surface area contributed by atoms with Gasteiger partial charge in [-0.25, -0.2) is 0 Å². The van der Waals surface area contributed by atoms with E-state index in [1.165, 1.54) is 0 Å². The lowest BCUT2D eigenvalue weighted by Gasteiger charge is -2.07. The molecule has 105 heavy (non-hydrogen) atoms. The van der Waals surface area contributed by atoms with Crippen LogP contribution in [0.15, 0.2) is 273 Å². The number of rotatable bonds is 15. The average molecular weight is 1400 g/mol. The van der Waals surface area contributed by atoms with Crippen molar-refractivity contribution in [1.29, 1.82) is 0 Å². The summed E-state index contributed by atoms with van der Waals surface area (Å²) in [6, 6.07) is 88.1. The summed E-state index contributed by atoms with van der Waals surface area (Å²) in [5.41, 5.74) is 22.5. The maximum absolute atomic E-state index is 12.5. The zero-order valence-electron chi connectivity index (χ0n) is 60.7. The van der Waals surface area contributed by atoms with Gasteiger partial charge in [-0.05, 0) is 139 Å². The van der Waals surface area contributed by atoms with E-state index >= 15 is 0 Å². The van der Waals surface area contributed by atoms with Crippen molar-refractivity contribution < 1.29 is 24.0 Å². The number of hydrogen-bond acceptors (Lipinski definition) is 10. The van der Waals surface area contributed by atoms with Crippen LogP contribution in [0.5, 0.6) is 0 Å². The number of nitrogens with zero attached hydrogens (tertiary/aromatic N) is 5. The van der Waals surface area contributed by atoms with E-state index in [9.17, 15) is 24.0 Å². The van der Waals surface area contributed by atoms with Crippen LogP contribution in [0, 0.1) is 62.3 Å². The molecule has 0 amide bonds. The molecule has 10 nitrogen and oxygen atoms in total. The summed E-state index contributed by atoms with van der Waals surface area (Å²) in [5.74, 6) is 0.535. The number of halogens is 1. The van der Waals surface area contributed by atoms with Crippen molar-refractivity contribution in [2.24, 2.45) is 0 Å². The number of aromatic nitrogens is 5. The molecular weight excluding hydrogens is 1310 g/mol. The number of ketones is 5. The molecule has 15 rings (SSSR count). The number of benzene rings is 10. The Kier molecular flexibility index (Phi) is 24.5. The van der Waals surface area contributed by atoms with Crippen molar-refractivity contribution >= 4 is 95.0 Å². The summed E-state index contributed by atoms with van der Waals surface area (Å²) < 4.78 is 0. The van der Waals surface area contributed by atoms with Gasteiger partial charge in [-0.1, -0.05) is 258 Å². The Morgan fingerprint density at radius 1 is 0.238 bits per heavy atom. The molecule has 11 heteroatoms. The van der Waals surface area contributed by atoms with Gasteiger partial charge >= 0.3 is 0 Å². The van der Waals surface area contributed by atoms with Gasteiger partial charge in [0.2, 0.25) is 0 Å². The molecule has 15 aromatic rings. The first-order valence-corrected chi connectivity index (χ1v) is 35.5. The highest BCUT2D eigenvalue weighted by Crippen LogP contribution is 2.26. The van der Waals surface area contributed by atoms with Crippen molar-refractivity contribution in [2.45, 2.75) is 94.4 Å². The number of carbonyl (C=O) groups excluding carboxylic acids is 5. The molecule has 0 aliphatic heterocycles. The maximum atomic E-state index is 12.5. The second kappa shape index (κ2) is 34.7. The third-order valence-corrected chi connectivity index (χ3v) is 18.4. The van der Waals surface area contributed by atoms with Gasteiger partial charge in [-0.3, -0.25) is 48.9 Å². The zero-order valence-corrected chi connectivity index (χ0v) is 61.4. The smallest absolute Gasteiger partial charge is 0.168 e. The monoisotopic (exact) mass is 1400 g/mol. The topological polar surface area (TPSA) is 150 Å². The van der Waals surface area contributed by atoms with Crippen molar-refractivity contribution in [2.75, 3.05) is 0 Å². The van der Waals surface area contributed by atoms with Gasteiger partial charge in [0.05, 0.1) is 32.6 Å². The number of hydrogen-bond donors (Lipinski definition) is 0. The minimum atomic E-state index is 0.0106. The fraction of sp³-hybridized carbons (Fsp3) is 0.149. The van der Waals surface area contributed by atoms with Gasteiger partial charge in [0.15, 0.2) is 28.9 Å². The highest BCUT2D eigenvalue weighted by Gasteiger charge is 2.17. The lowest BCUT2D eigenvalue weighted by Crippen LogP contribution is -2.05. The molecule has 0 bridgehead atoms. The van der Waals surface area contributed by atoms with Gasteiger partial charge in [-0.2, -0.15) is 0 Å². The molecule has 5 heterocycles. The van der Waals surface area contributed by atoms with E-state index < -0.39 is 0 Å². The van der Waals surface area contributed by atoms with Crippen LogP contribution in [-0.4, -0.2) is 53.8 Å². The molecular formula is C94H82ClN5O5. The molecule has 0 fully saturated rings. The number of carbonyl (C=O) groups is 5. The van der Waals surface area contributed by atoms with Gasteiger partial charge in [-0.15, -0.1) is 0 Å². The standard InChI is InChI=1S/4C19H17NO.C18H14ClNO/c1-13-5-3-7-16(11-13)18(21)12-17-8-4-6-15-10-9-14(2)20-19(15)17;3*1-13-6-9-15(10-7-13)18(21)12-17-5-3-4-16-11-8-14(2)20-19(16)17;1-12-9-10-13-5-4-6-14(18(13)20-12)11-17(21)15-7-2-3-8-16(15)19/h4*3-11H,12H2,1-2H3;2-10H,11H2,1H3. The van der Waals surface area contributed by atoms with E-state index in [0.717, 1.165) is 155 Å². The summed E-state index contributed by atoms with van der Waals surface area (Å²) in [7, 11) is 0. The first-order chi connectivity index (χ1) is 50.7. The molecule has 5 aromatic heterocycles. The second-order valence-electron chi connectivity index (χ2n) is 26.7. The van der Waals surface area contributed by atoms with Crippen LogP contribution in [0.3, 0.4) is 0 Å². The molecule has 10 aromatic carbocycles. The number of pyridine rings is 5. The zero-order chi connectivity index (χ0) is 74.1. The Labute approximate surface area is 619 Å². The Morgan fingerprint density at radius 3 is 0.771 bits per heavy atom. The van der Waals surface area contributed by atoms with Crippen molar-refractivity contribution in [3.63, 3.8) is 0 Å². The van der Waals surface area contributed by atoms with E-state index in [1.54, 1.807) is 12.1 Å². The quantitative estimate of drug-likeness (QED) is 0.0908. The largest absolute Gasteiger partial charge is 0.294 e. The predicted octanol–water partition coefficient (Wildman–Crippen LogP) is 21.7. The van der Waals surface area contributed by atoms with E-state index in [0.29, 0.717) is 42.7 Å². The first kappa shape index (κ1) is 74.1. The highest BCUT2D eigenvalue weighted by molar-refractivity contribution is 6.34. The van der Waals surface area contributed by atoms with Crippen molar-refractivity contribution in [3.8, 4) is 0 Å². The Bertz CT molecular complexity index is 5360. The minimum Gasteiger partial charge on any atom is -0.294 e. The van der Waals surface area contributed by atoms with E-state index in [-0.39, 0.29) is 28.9 Å². The molecule has 0 spiro atoms. The van der Waals surface area contributed by atoms with Crippen molar-refractivity contribution in [3.05, 3.63) is 384 Å². The third kappa shape index (κ3) is 19.8. The summed E-state index contributed by atoms with van der Waals surface area (Å²) >= 11 is 6.09. The van der Waals surface area contributed by atoms with E-state index in [2.05, 4.69) is 49.2 Å². The van der Waals surface area contributed by atoms with Crippen LogP contribution in [0.4, 0.5) is 0 Å². The molecule has 0 saturated carbocycles.